The number of β-lactam (4-membered cyclic amide) rings is 1. The Morgan fingerprint density at radius 1 is 1.50 bits per heavy atom. The minimum Gasteiger partial charge on any atom is -0.509 e. The highest BCUT2D eigenvalue weighted by molar-refractivity contribution is 8.00. The van der Waals surface area contributed by atoms with Gasteiger partial charge >= 0.3 is 5.97 Å². The van der Waals surface area contributed by atoms with Crippen molar-refractivity contribution in [2.75, 3.05) is 12.4 Å². The van der Waals surface area contributed by atoms with E-state index in [2.05, 4.69) is 5.32 Å². The summed E-state index contributed by atoms with van der Waals surface area (Å²) in [5, 5.41) is 11.9. The van der Waals surface area contributed by atoms with Gasteiger partial charge < -0.3 is 15.2 Å². The number of rotatable bonds is 3. The van der Waals surface area contributed by atoms with E-state index in [1.807, 2.05) is 0 Å². The number of hydrogen-bond acceptors (Lipinski definition) is 6. The Bertz CT molecular complexity index is 562. The molecule has 0 spiro atoms. The van der Waals surface area contributed by atoms with E-state index < -0.39 is 33.7 Å². The summed E-state index contributed by atoms with van der Waals surface area (Å²) in [5.41, 5.74) is -0.287. The number of aliphatic hydroxyl groups is 1. The minimum absolute atomic E-state index is 0.0999. The molecule has 1 saturated heterocycles. The van der Waals surface area contributed by atoms with Crippen LogP contribution in [-0.2, 0) is 19.1 Å². The van der Waals surface area contributed by atoms with Crippen molar-refractivity contribution in [3.8, 4) is 0 Å². The van der Waals surface area contributed by atoms with Crippen molar-refractivity contribution in [3.05, 3.63) is 11.5 Å². The number of thioether (sulfide) groups is 1. The molecular formula is C11H11Cl3N2O5S. The number of nitrogens with one attached hydrogen (secondary N) is 1. The van der Waals surface area contributed by atoms with Crippen LogP contribution in [0.15, 0.2) is 11.5 Å². The Morgan fingerprint density at radius 2 is 2.14 bits per heavy atom. The molecule has 0 aromatic rings. The predicted molar refractivity (Wildman–Crippen MR) is 81.6 cm³/mol. The lowest BCUT2D eigenvalue weighted by Crippen LogP contribution is -2.70. The molecule has 2 amide bonds. The van der Waals surface area contributed by atoms with E-state index in [4.69, 9.17) is 39.5 Å². The summed E-state index contributed by atoms with van der Waals surface area (Å²) >= 11 is 17.7. The average molecular weight is 390 g/mol. The summed E-state index contributed by atoms with van der Waals surface area (Å²) in [6.45, 7) is 0.759. The molecule has 2 atom stereocenters. The molecule has 2 rings (SSSR count). The second-order valence-corrected chi connectivity index (χ2v) is 8.20. The summed E-state index contributed by atoms with van der Waals surface area (Å²) in [7, 11) is 0. The highest BCUT2D eigenvalue weighted by Crippen LogP contribution is 2.40. The third-order valence-corrected chi connectivity index (χ3v) is 4.46. The number of alkyl halides is 3. The van der Waals surface area contributed by atoms with Gasteiger partial charge in [0.25, 0.3) is 5.91 Å². The van der Waals surface area contributed by atoms with E-state index in [0.29, 0.717) is 0 Å². The van der Waals surface area contributed by atoms with Crippen LogP contribution in [0.25, 0.3) is 0 Å². The zero-order valence-electron chi connectivity index (χ0n) is 11.1. The maximum absolute atomic E-state index is 12.1. The van der Waals surface area contributed by atoms with Crippen molar-refractivity contribution in [1.29, 1.82) is 0 Å². The standard InChI is InChI=1S/C11H11Cl3N2O5S/c1-4(17)15-6-8(19)16-7(5(18)2-22-9(6)16)10(20)21-3-11(12,13)14/h6,9,18H,2-3H2,1H3,(H,15,17)/t6?,9-/m1/s1. The van der Waals surface area contributed by atoms with Crippen LogP contribution < -0.4 is 5.32 Å². The van der Waals surface area contributed by atoms with Crippen LogP contribution >= 0.6 is 46.6 Å². The van der Waals surface area contributed by atoms with Gasteiger partial charge in [0.15, 0.2) is 5.70 Å². The third kappa shape index (κ3) is 3.56. The van der Waals surface area contributed by atoms with E-state index in [1.165, 1.54) is 18.7 Å². The number of esters is 1. The molecule has 0 aromatic heterocycles. The fourth-order valence-corrected chi connectivity index (χ4v) is 3.39. The first-order valence-electron chi connectivity index (χ1n) is 5.99. The fraction of sp³-hybridized carbons (Fsp3) is 0.545. The third-order valence-electron chi connectivity index (χ3n) is 2.87. The lowest BCUT2D eigenvalue weighted by atomic mass is 10.0. The Hall–Kier alpha value is -0.830. The SMILES string of the molecule is CC(=O)NC1C(=O)N2C(C(=O)OCC(Cl)(Cl)Cl)=C(O)CS[C@H]12. The Morgan fingerprint density at radius 3 is 2.68 bits per heavy atom. The maximum Gasteiger partial charge on any atom is 0.358 e. The fourth-order valence-electron chi connectivity index (χ4n) is 2.03. The van der Waals surface area contributed by atoms with Crippen LogP contribution in [0.5, 0.6) is 0 Å². The maximum atomic E-state index is 12.1. The second kappa shape index (κ2) is 6.35. The van der Waals surface area contributed by atoms with Crippen LogP contribution in [0.1, 0.15) is 6.92 Å². The van der Waals surface area contributed by atoms with Crippen molar-refractivity contribution >= 4 is 64.3 Å². The summed E-state index contributed by atoms with van der Waals surface area (Å²) in [6, 6.07) is -0.744. The molecule has 0 bridgehead atoms. The molecule has 7 nitrogen and oxygen atoms in total. The highest BCUT2D eigenvalue weighted by atomic mass is 35.6. The summed E-state index contributed by atoms with van der Waals surface area (Å²) in [6.07, 6.45) is 0. The Kier molecular flexibility index (Phi) is 5.06. The van der Waals surface area contributed by atoms with Crippen molar-refractivity contribution < 1.29 is 24.2 Å². The molecule has 11 heteroatoms. The quantitative estimate of drug-likeness (QED) is 0.426. The number of nitrogens with zero attached hydrogens (tertiary/aromatic N) is 1. The minimum atomic E-state index is -1.80. The topological polar surface area (TPSA) is 95.9 Å². The molecule has 2 aliphatic rings. The van der Waals surface area contributed by atoms with Gasteiger partial charge in [-0.15, -0.1) is 11.8 Å². The largest absolute Gasteiger partial charge is 0.509 e. The molecule has 22 heavy (non-hydrogen) atoms. The molecule has 1 fully saturated rings. The normalized spacial score (nSPS) is 24.5. The lowest BCUT2D eigenvalue weighted by Gasteiger charge is -2.48. The van der Waals surface area contributed by atoms with E-state index in [9.17, 15) is 19.5 Å². The smallest absolute Gasteiger partial charge is 0.358 e. The number of ether oxygens (including phenoxy) is 1. The lowest BCUT2D eigenvalue weighted by molar-refractivity contribution is -0.153. The van der Waals surface area contributed by atoms with Crippen molar-refractivity contribution in [2.45, 2.75) is 22.1 Å². The molecule has 0 aromatic carbocycles. The average Bonchev–Trinajstić information content (AvgIpc) is 2.41. The van der Waals surface area contributed by atoms with Crippen LogP contribution in [-0.4, -0.2) is 55.4 Å². The molecule has 0 saturated carbocycles. The van der Waals surface area contributed by atoms with Gasteiger partial charge in [-0.1, -0.05) is 34.8 Å². The zero-order valence-corrected chi connectivity index (χ0v) is 14.2. The molecule has 2 aliphatic heterocycles. The number of carbonyl (C=O) groups excluding carboxylic acids is 3. The van der Waals surface area contributed by atoms with E-state index in [-0.39, 0.29) is 23.1 Å². The molecular weight excluding hydrogens is 379 g/mol. The van der Waals surface area contributed by atoms with Gasteiger partial charge in [0.2, 0.25) is 9.70 Å². The van der Waals surface area contributed by atoms with Gasteiger partial charge in [-0.05, 0) is 0 Å². The van der Waals surface area contributed by atoms with Crippen molar-refractivity contribution in [2.24, 2.45) is 0 Å². The Labute approximate surface area is 144 Å². The Balaban J connectivity index is 2.12. The predicted octanol–water partition coefficient (Wildman–Crippen LogP) is 1.09. The van der Waals surface area contributed by atoms with Crippen LogP contribution in [0, 0.1) is 0 Å². The van der Waals surface area contributed by atoms with E-state index >= 15 is 0 Å². The second-order valence-electron chi connectivity index (χ2n) is 4.57. The van der Waals surface area contributed by atoms with Gasteiger partial charge in [-0.25, -0.2) is 4.79 Å². The molecule has 0 radical (unpaired) electrons. The highest BCUT2D eigenvalue weighted by Gasteiger charge is 2.54. The van der Waals surface area contributed by atoms with Crippen LogP contribution in [0.3, 0.4) is 0 Å². The monoisotopic (exact) mass is 388 g/mol. The summed E-state index contributed by atoms with van der Waals surface area (Å²) < 4.78 is 2.99. The number of amides is 2. The first-order valence-corrected chi connectivity index (χ1v) is 8.18. The zero-order chi connectivity index (χ0) is 16.7. The molecule has 122 valence electrons. The van der Waals surface area contributed by atoms with Crippen molar-refractivity contribution in [1.82, 2.24) is 10.2 Å². The van der Waals surface area contributed by atoms with Gasteiger partial charge in [-0.3, -0.25) is 14.5 Å². The first-order chi connectivity index (χ1) is 10.1. The molecule has 2 N–H and O–H groups in total. The van der Waals surface area contributed by atoms with Crippen molar-refractivity contribution in [3.63, 3.8) is 0 Å². The van der Waals surface area contributed by atoms with Gasteiger partial charge in [0, 0.05) is 6.92 Å². The number of hydrogen-bond donors (Lipinski definition) is 2. The van der Waals surface area contributed by atoms with Gasteiger partial charge in [0.05, 0.1) is 5.75 Å². The molecule has 2 heterocycles. The summed E-state index contributed by atoms with van der Waals surface area (Å²) in [5.74, 6) is -2.05. The summed E-state index contributed by atoms with van der Waals surface area (Å²) in [4.78, 5) is 36.2. The van der Waals surface area contributed by atoms with Gasteiger partial charge in [-0.2, -0.15) is 0 Å². The number of aliphatic hydroxyl groups excluding tert-OH is 1. The number of carbonyl (C=O) groups is 3. The number of fused-ring (bicyclic) bond motifs is 1. The molecule has 0 aliphatic carbocycles. The van der Waals surface area contributed by atoms with Gasteiger partial charge in [0.1, 0.15) is 23.8 Å². The van der Waals surface area contributed by atoms with Crippen LogP contribution in [0.4, 0.5) is 0 Å². The molecule has 1 unspecified atom stereocenters. The first kappa shape index (κ1) is 17.5. The van der Waals surface area contributed by atoms with E-state index in [1.54, 1.807) is 0 Å². The van der Waals surface area contributed by atoms with Crippen LogP contribution in [0.2, 0.25) is 0 Å². The van der Waals surface area contributed by atoms with E-state index in [0.717, 1.165) is 4.90 Å². The number of halogens is 3.